The van der Waals surface area contributed by atoms with Crippen molar-refractivity contribution in [3.05, 3.63) is 20.8 Å². The van der Waals surface area contributed by atoms with E-state index < -0.39 is 5.69 Å². The third-order valence-corrected chi connectivity index (χ3v) is 2.53. The van der Waals surface area contributed by atoms with Crippen LogP contribution in [0.15, 0.2) is 9.59 Å². The molecule has 1 aromatic heterocycles. The SMILES string of the molecule is CCNN1CN(CC)c2[nH]c(=O)[nH]c(=O)c21. The fraction of sp³-hybridized carbons (Fsp3) is 0.556. The smallest absolute Gasteiger partial charge is 0.327 e. The molecule has 0 atom stereocenters. The fourth-order valence-corrected chi connectivity index (χ4v) is 1.84. The maximum atomic E-state index is 11.7. The maximum absolute atomic E-state index is 11.7. The second kappa shape index (κ2) is 4.01. The Hall–Kier alpha value is -1.76. The number of H-pyrrole nitrogens is 2. The molecule has 16 heavy (non-hydrogen) atoms. The molecule has 88 valence electrons. The Morgan fingerprint density at radius 2 is 2.06 bits per heavy atom. The first-order chi connectivity index (χ1) is 7.67. The molecule has 7 heteroatoms. The van der Waals surface area contributed by atoms with Crippen LogP contribution in [-0.2, 0) is 0 Å². The predicted octanol–water partition coefficient (Wildman–Crippen LogP) is -0.808. The molecule has 1 aromatic rings. The van der Waals surface area contributed by atoms with Gasteiger partial charge in [-0.2, -0.15) is 0 Å². The van der Waals surface area contributed by atoms with E-state index in [1.165, 1.54) is 0 Å². The van der Waals surface area contributed by atoms with Gasteiger partial charge in [0.2, 0.25) is 0 Å². The van der Waals surface area contributed by atoms with Crippen molar-refractivity contribution in [3.8, 4) is 0 Å². The minimum Gasteiger partial charge on any atom is -0.337 e. The van der Waals surface area contributed by atoms with Crippen molar-refractivity contribution in [3.63, 3.8) is 0 Å². The van der Waals surface area contributed by atoms with Crippen molar-refractivity contribution in [1.82, 2.24) is 15.4 Å². The summed E-state index contributed by atoms with van der Waals surface area (Å²) in [5, 5.41) is 1.74. The normalized spacial score (nSPS) is 14.4. The number of anilines is 2. The summed E-state index contributed by atoms with van der Waals surface area (Å²) in [5.41, 5.74) is 2.71. The molecule has 0 amide bonds. The van der Waals surface area contributed by atoms with Gasteiger partial charge < -0.3 is 4.90 Å². The second-order valence-electron chi connectivity index (χ2n) is 3.54. The predicted molar refractivity (Wildman–Crippen MR) is 61.7 cm³/mol. The number of rotatable bonds is 3. The molecule has 7 nitrogen and oxygen atoms in total. The van der Waals surface area contributed by atoms with Gasteiger partial charge in [-0.05, 0) is 6.92 Å². The summed E-state index contributed by atoms with van der Waals surface area (Å²) in [5.74, 6) is 0.581. The molecule has 2 heterocycles. The maximum Gasteiger partial charge on any atom is 0.327 e. The summed E-state index contributed by atoms with van der Waals surface area (Å²) in [6, 6.07) is 0. The highest BCUT2D eigenvalue weighted by Crippen LogP contribution is 2.26. The third-order valence-electron chi connectivity index (χ3n) is 2.53. The van der Waals surface area contributed by atoms with Gasteiger partial charge in [0.25, 0.3) is 5.56 Å². The number of hydrazine groups is 1. The van der Waals surface area contributed by atoms with E-state index in [1.807, 2.05) is 18.7 Å². The van der Waals surface area contributed by atoms with Crippen LogP contribution < -0.4 is 26.6 Å². The van der Waals surface area contributed by atoms with E-state index in [0.717, 1.165) is 13.1 Å². The molecule has 0 saturated heterocycles. The van der Waals surface area contributed by atoms with Crippen molar-refractivity contribution in [2.45, 2.75) is 13.8 Å². The average Bonchev–Trinajstić information content (AvgIpc) is 2.57. The van der Waals surface area contributed by atoms with Crippen LogP contribution in [0.1, 0.15) is 13.8 Å². The van der Waals surface area contributed by atoms with Crippen molar-refractivity contribution >= 4 is 11.5 Å². The van der Waals surface area contributed by atoms with Crippen molar-refractivity contribution < 1.29 is 0 Å². The molecule has 0 radical (unpaired) electrons. The number of nitrogens with zero attached hydrogens (tertiary/aromatic N) is 2. The Kier molecular flexibility index (Phi) is 2.69. The van der Waals surface area contributed by atoms with E-state index in [-0.39, 0.29) is 5.56 Å². The lowest BCUT2D eigenvalue weighted by atomic mass is 10.4. The monoisotopic (exact) mass is 225 g/mol. The van der Waals surface area contributed by atoms with Gasteiger partial charge in [-0.3, -0.25) is 19.8 Å². The number of aromatic amines is 2. The van der Waals surface area contributed by atoms with E-state index in [1.54, 1.807) is 5.01 Å². The molecule has 0 unspecified atom stereocenters. The number of hydrogen-bond donors (Lipinski definition) is 3. The average molecular weight is 225 g/mol. The van der Waals surface area contributed by atoms with Crippen molar-refractivity contribution in [1.29, 1.82) is 0 Å². The van der Waals surface area contributed by atoms with E-state index in [9.17, 15) is 9.59 Å². The molecule has 0 fully saturated rings. The van der Waals surface area contributed by atoms with Crippen LogP contribution >= 0.6 is 0 Å². The molecule has 0 aliphatic carbocycles. The van der Waals surface area contributed by atoms with E-state index in [4.69, 9.17) is 0 Å². The Morgan fingerprint density at radius 1 is 1.31 bits per heavy atom. The second-order valence-corrected chi connectivity index (χ2v) is 3.54. The van der Waals surface area contributed by atoms with Gasteiger partial charge in [0.1, 0.15) is 12.5 Å². The first-order valence-corrected chi connectivity index (χ1v) is 5.30. The third kappa shape index (κ3) is 1.58. The van der Waals surface area contributed by atoms with Gasteiger partial charge >= 0.3 is 5.69 Å². The van der Waals surface area contributed by atoms with Crippen LogP contribution in [0.3, 0.4) is 0 Å². The summed E-state index contributed by atoms with van der Waals surface area (Å²) in [6.45, 7) is 5.93. The molecule has 2 rings (SSSR count). The highest BCUT2D eigenvalue weighted by Gasteiger charge is 2.28. The molecule has 1 aliphatic heterocycles. The van der Waals surface area contributed by atoms with Crippen LogP contribution in [0, 0.1) is 0 Å². The number of fused-ring (bicyclic) bond motifs is 1. The summed E-state index contributed by atoms with van der Waals surface area (Å²) < 4.78 is 0. The van der Waals surface area contributed by atoms with Crippen LogP contribution in [0.25, 0.3) is 0 Å². The van der Waals surface area contributed by atoms with E-state index in [0.29, 0.717) is 18.2 Å². The molecule has 0 saturated carbocycles. The number of nitrogens with one attached hydrogen (secondary N) is 3. The van der Waals surface area contributed by atoms with Gasteiger partial charge in [-0.25, -0.2) is 10.2 Å². The van der Waals surface area contributed by atoms with Crippen molar-refractivity contribution in [2.75, 3.05) is 29.7 Å². The van der Waals surface area contributed by atoms with E-state index in [2.05, 4.69) is 15.4 Å². The molecule has 0 bridgehead atoms. The zero-order chi connectivity index (χ0) is 11.7. The summed E-state index contributed by atoms with van der Waals surface area (Å²) in [4.78, 5) is 29.7. The number of aromatic nitrogens is 2. The van der Waals surface area contributed by atoms with Gasteiger partial charge in [0.05, 0.1) is 0 Å². The first-order valence-electron chi connectivity index (χ1n) is 5.30. The zero-order valence-corrected chi connectivity index (χ0v) is 9.33. The lowest BCUT2D eigenvalue weighted by Crippen LogP contribution is -2.42. The molecule has 1 aliphatic rings. The number of hydrogen-bond acceptors (Lipinski definition) is 5. The summed E-state index contributed by atoms with van der Waals surface area (Å²) in [7, 11) is 0. The Labute approximate surface area is 92.1 Å². The Bertz CT molecular complexity index is 491. The zero-order valence-electron chi connectivity index (χ0n) is 9.33. The highest BCUT2D eigenvalue weighted by molar-refractivity contribution is 5.70. The minimum absolute atomic E-state index is 0.365. The topological polar surface area (TPSA) is 84.2 Å². The quantitative estimate of drug-likeness (QED) is 0.626. The van der Waals surface area contributed by atoms with Gasteiger partial charge in [-0.15, -0.1) is 0 Å². The molecule has 0 spiro atoms. The largest absolute Gasteiger partial charge is 0.337 e. The molecular formula is C9H15N5O2. The van der Waals surface area contributed by atoms with Crippen LogP contribution in [0.4, 0.5) is 11.5 Å². The first kappa shape index (κ1) is 10.7. The van der Waals surface area contributed by atoms with Gasteiger partial charge in [0.15, 0.2) is 5.69 Å². The Balaban J connectivity index is 2.53. The van der Waals surface area contributed by atoms with Gasteiger partial charge in [0, 0.05) is 13.1 Å². The fourth-order valence-electron chi connectivity index (χ4n) is 1.84. The van der Waals surface area contributed by atoms with Crippen LogP contribution in [0.5, 0.6) is 0 Å². The summed E-state index contributed by atoms with van der Waals surface area (Å²) in [6.07, 6.45) is 0. The minimum atomic E-state index is -0.472. The lowest BCUT2D eigenvalue weighted by molar-refractivity contribution is 0.651. The van der Waals surface area contributed by atoms with Crippen LogP contribution in [0.2, 0.25) is 0 Å². The Morgan fingerprint density at radius 3 is 2.69 bits per heavy atom. The molecule has 3 N–H and O–H groups in total. The summed E-state index contributed by atoms with van der Waals surface area (Å²) >= 11 is 0. The highest BCUT2D eigenvalue weighted by atomic mass is 16.2. The standard InChI is InChI=1S/C9H15N5O2/c1-3-10-14-5-13(4-2)7-6(14)8(15)12-9(16)11-7/h10H,3-5H2,1-2H3,(H2,11,12,15,16). The van der Waals surface area contributed by atoms with Crippen molar-refractivity contribution in [2.24, 2.45) is 0 Å². The molecular weight excluding hydrogens is 210 g/mol. The molecule has 0 aromatic carbocycles. The lowest BCUT2D eigenvalue weighted by Gasteiger charge is -2.19. The van der Waals surface area contributed by atoms with Crippen LogP contribution in [-0.4, -0.2) is 29.7 Å². The van der Waals surface area contributed by atoms with Gasteiger partial charge in [-0.1, -0.05) is 6.92 Å². The van der Waals surface area contributed by atoms with E-state index >= 15 is 0 Å².